The Bertz CT molecular complexity index is 906. The van der Waals surface area contributed by atoms with Gasteiger partial charge in [0.15, 0.2) is 0 Å². The number of carbonyl (C=O) groups is 1. The number of carbonyl (C=O) groups excluding carboxylic acids is 1. The lowest BCUT2D eigenvalue weighted by Crippen LogP contribution is -2.08. The Balaban J connectivity index is 1.43. The second kappa shape index (κ2) is 24.1. The zero-order valence-electron chi connectivity index (χ0n) is 27.2. The molecule has 0 aliphatic carbocycles. The van der Waals surface area contributed by atoms with E-state index < -0.39 is 0 Å². The Morgan fingerprint density at radius 2 is 1.00 bits per heavy atom. The van der Waals surface area contributed by atoms with Crippen LogP contribution in [0.5, 0.6) is 11.5 Å². The van der Waals surface area contributed by atoms with Crippen LogP contribution in [0, 0.1) is 0 Å². The molecule has 4 heteroatoms. The third kappa shape index (κ3) is 16.9. The summed E-state index contributed by atoms with van der Waals surface area (Å²) in [6.45, 7) is 7.88. The van der Waals surface area contributed by atoms with Crippen LogP contribution >= 0.6 is 0 Å². The van der Waals surface area contributed by atoms with E-state index in [1.165, 1.54) is 109 Å². The molecule has 0 bridgehead atoms. The molecule has 0 fully saturated rings. The van der Waals surface area contributed by atoms with Crippen LogP contribution in [0.1, 0.15) is 165 Å². The molecule has 0 heterocycles. The lowest BCUT2D eigenvalue weighted by atomic mass is 10.0. The number of hydrogen-bond acceptors (Lipinski definition) is 4. The molecule has 0 spiro atoms. The van der Waals surface area contributed by atoms with Gasteiger partial charge in [0.25, 0.3) is 0 Å². The highest BCUT2D eigenvalue weighted by Crippen LogP contribution is 2.22. The van der Waals surface area contributed by atoms with Crippen molar-refractivity contribution in [2.75, 3.05) is 13.2 Å². The van der Waals surface area contributed by atoms with Crippen molar-refractivity contribution < 1.29 is 19.0 Å². The maximum absolute atomic E-state index is 12.5. The number of unbranched alkanes of at least 4 members (excludes halogenated alkanes) is 17. The Labute approximate surface area is 257 Å². The molecule has 4 nitrogen and oxygen atoms in total. The van der Waals surface area contributed by atoms with Crippen LogP contribution in [0.4, 0.5) is 0 Å². The largest absolute Gasteiger partial charge is 0.494 e. The van der Waals surface area contributed by atoms with Crippen LogP contribution in [-0.2, 0) is 4.74 Å². The van der Waals surface area contributed by atoms with Gasteiger partial charge in [-0.25, -0.2) is 4.79 Å². The van der Waals surface area contributed by atoms with Crippen LogP contribution in [0.3, 0.4) is 0 Å². The highest BCUT2D eigenvalue weighted by Gasteiger charge is 2.11. The molecule has 0 saturated heterocycles. The van der Waals surface area contributed by atoms with E-state index in [0.717, 1.165) is 30.8 Å². The van der Waals surface area contributed by atoms with Crippen LogP contribution in [0.15, 0.2) is 48.5 Å². The molecule has 2 rings (SSSR count). The molecule has 0 aromatic heterocycles. The second-order valence-electron chi connectivity index (χ2n) is 11.9. The van der Waals surface area contributed by atoms with E-state index in [1.807, 2.05) is 24.3 Å². The van der Waals surface area contributed by atoms with Gasteiger partial charge in [-0.2, -0.15) is 0 Å². The predicted octanol–water partition coefficient (Wildman–Crippen LogP) is 11.8. The van der Waals surface area contributed by atoms with E-state index >= 15 is 0 Å². The van der Waals surface area contributed by atoms with E-state index in [2.05, 4.69) is 20.8 Å². The monoisotopic (exact) mass is 580 g/mol. The van der Waals surface area contributed by atoms with Crippen LogP contribution in [-0.4, -0.2) is 19.2 Å². The standard InChI is InChI=1S/C38H60O4/c1-4-6-7-8-9-10-11-12-13-14-15-16-17-18-19-20-21-22-32-40-33(3)34-23-29-37(30-24-34)42-38(39)35-25-27-36(28-26-35)41-31-5-2/h23-30,33H,4-22,31-32H2,1-3H3. The molecule has 42 heavy (non-hydrogen) atoms. The summed E-state index contributed by atoms with van der Waals surface area (Å²) >= 11 is 0. The third-order valence-corrected chi connectivity index (χ3v) is 7.99. The highest BCUT2D eigenvalue weighted by atomic mass is 16.5. The maximum Gasteiger partial charge on any atom is 0.343 e. The Kier molecular flexibility index (Phi) is 20.6. The minimum Gasteiger partial charge on any atom is -0.494 e. The molecule has 1 atom stereocenters. The van der Waals surface area contributed by atoms with Crippen molar-refractivity contribution in [2.45, 2.75) is 149 Å². The van der Waals surface area contributed by atoms with Crippen LogP contribution in [0.2, 0.25) is 0 Å². The van der Waals surface area contributed by atoms with Crippen molar-refractivity contribution in [1.29, 1.82) is 0 Å². The van der Waals surface area contributed by atoms with Gasteiger partial charge in [0.05, 0.1) is 18.3 Å². The summed E-state index contributed by atoms with van der Waals surface area (Å²) in [5.74, 6) is 0.922. The van der Waals surface area contributed by atoms with E-state index in [0.29, 0.717) is 17.9 Å². The fourth-order valence-corrected chi connectivity index (χ4v) is 5.24. The van der Waals surface area contributed by atoms with Gasteiger partial charge in [-0.05, 0) is 61.7 Å². The smallest absolute Gasteiger partial charge is 0.343 e. The molecule has 0 aliphatic rings. The third-order valence-electron chi connectivity index (χ3n) is 7.99. The number of esters is 1. The number of rotatable bonds is 26. The first-order chi connectivity index (χ1) is 20.6. The maximum atomic E-state index is 12.5. The van der Waals surface area contributed by atoms with Crippen molar-refractivity contribution >= 4 is 5.97 Å². The summed E-state index contributed by atoms with van der Waals surface area (Å²) in [5.41, 5.74) is 1.60. The summed E-state index contributed by atoms with van der Waals surface area (Å²) in [5, 5.41) is 0. The summed E-state index contributed by atoms with van der Waals surface area (Å²) < 4.78 is 17.2. The summed E-state index contributed by atoms with van der Waals surface area (Å²) in [4.78, 5) is 12.5. The van der Waals surface area contributed by atoms with Gasteiger partial charge in [0.1, 0.15) is 11.5 Å². The van der Waals surface area contributed by atoms with Gasteiger partial charge in [-0.15, -0.1) is 0 Å². The van der Waals surface area contributed by atoms with Gasteiger partial charge >= 0.3 is 5.97 Å². The Morgan fingerprint density at radius 3 is 1.48 bits per heavy atom. The molecule has 0 aliphatic heterocycles. The lowest BCUT2D eigenvalue weighted by Gasteiger charge is -2.14. The first-order valence-corrected chi connectivity index (χ1v) is 17.3. The van der Waals surface area contributed by atoms with E-state index in [-0.39, 0.29) is 12.1 Å². The molecular formula is C38H60O4. The molecule has 2 aromatic rings. The first-order valence-electron chi connectivity index (χ1n) is 17.3. The summed E-state index contributed by atoms with van der Waals surface area (Å²) in [6, 6.07) is 14.7. The topological polar surface area (TPSA) is 44.8 Å². The second-order valence-corrected chi connectivity index (χ2v) is 11.9. The molecule has 0 N–H and O–H groups in total. The minimum absolute atomic E-state index is 0.0243. The number of hydrogen-bond donors (Lipinski definition) is 0. The molecule has 1 unspecified atom stereocenters. The van der Waals surface area contributed by atoms with E-state index in [4.69, 9.17) is 14.2 Å². The zero-order valence-corrected chi connectivity index (χ0v) is 27.2. The van der Waals surface area contributed by atoms with Gasteiger partial charge in [0, 0.05) is 6.61 Å². The zero-order chi connectivity index (χ0) is 30.1. The highest BCUT2D eigenvalue weighted by molar-refractivity contribution is 5.91. The number of benzene rings is 2. The summed E-state index contributed by atoms with van der Waals surface area (Å²) in [7, 11) is 0. The minimum atomic E-state index is -0.372. The van der Waals surface area contributed by atoms with Gasteiger partial charge in [0.2, 0.25) is 0 Å². The predicted molar refractivity (Wildman–Crippen MR) is 177 cm³/mol. The van der Waals surface area contributed by atoms with Gasteiger partial charge in [-0.3, -0.25) is 0 Å². The first kappa shape index (κ1) is 35.9. The Hall–Kier alpha value is -2.33. The number of ether oxygens (including phenoxy) is 3. The average Bonchev–Trinajstić information content (AvgIpc) is 3.01. The van der Waals surface area contributed by atoms with Crippen molar-refractivity contribution in [2.24, 2.45) is 0 Å². The average molecular weight is 581 g/mol. The molecule has 0 saturated carbocycles. The van der Waals surface area contributed by atoms with Crippen molar-refractivity contribution in [3.63, 3.8) is 0 Å². The molecule has 236 valence electrons. The van der Waals surface area contributed by atoms with Crippen molar-refractivity contribution in [3.05, 3.63) is 59.7 Å². The van der Waals surface area contributed by atoms with Crippen LogP contribution in [0.25, 0.3) is 0 Å². The lowest BCUT2D eigenvalue weighted by molar-refractivity contribution is 0.0627. The molecule has 0 amide bonds. The van der Waals surface area contributed by atoms with Crippen molar-refractivity contribution in [3.8, 4) is 11.5 Å². The SMILES string of the molecule is CCCCCCCCCCCCCCCCCCCCOC(C)c1ccc(OC(=O)c2ccc(OCCC)cc2)cc1. The molecular weight excluding hydrogens is 520 g/mol. The van der Waals surface area contributed by atoms with Gasteiger partial charge in [-0.1, -0.05) is 135 Å². The van der Waals surface area contributed by atoms with E-state index in [1.54, 1.807) is 24.3 Å². The van der Waals surface area contributed by atoms with E-state index in [9.17, 15) is 4.79 Å². The Morgan fingerprint density at radius 1 is 0.548 bits per heavy atom. The molecule has 2 aromatic carbocycles. The van der Waals surface area contributed by atoms with Crippen molar-refractivity contribution in [1.82, 2.24) is 0 Å². The summed E-state index contributed by atoms with van der Waals surface area (Å²) in [6.07, 6.45) is 25.9. The van der Waals surface area contributed by atoms with Gasteiger partial charge < -0.3 is 14.2 Å². The van der Waals surface area contributed by atoms with Crippen LogP contribution < -0.4 is 9.47 Å². The normalized spacial score (nSPS) is 11.9. The quantitative estimate of drug-likeness (QED) is 0.0630. The fourth-order valence-electron chi connectivity index (χ4n) is 5.24. The fraction of sp³-hybridized carbons (Fsp3) is 0.658. The molecule has 0 radical (unpaired) electrons.